The fraction of sp³-hybridized carbons (Fsp3) is 0.692. The highest BCUT2D eigenvalue weighted by molar-refractivity contribution is 9.10. The van der Waals surface area contributed by atoms with E-state index in [1.54, 1.807) is 6.20 Å². The van der Waals surface area contributed by atoms with Crippen molar-refractivity contribution in [2.45, 2.75) is 25.4 Å². The minimum atomic E-state index is -0.203. The number of aliphatic hydroxyl groups is 1. The summed E-state index contributed by atoms with van der Waals surface area (Å²) < 4.78 is 1.77. The van der Waals surface area contributed by atoms with E-state index in [1.807, 2.05) is 0 Å². The first kappa shape index (κ1) is 14.0. The van der Waals surface area contributed by atoms with Crippen LogP contribution in [0, 0.1) is 5.92 Å². The van der Waals surface area contributed by atoms with E-state index in [2.05, 4.69) is 31.2 Å². The second-order valence-corrected chi connectivity index (χ2v) is 6.31. The van der Waals surface area contributed by atoms with Gasteiger partial charge in [-0.05, 0) is 47.8 Å². The summed E-state index contributed by atoms with van der Waals surface area (Å²) in [6, 6.07) is 0.392. The Bertz CT molecular complexity index is 540. The van der Waals surface area contributed by atoms with Gasteiger partial charge in [0.15, 0.2) is 0 Å². The first-order chi connectivity index (χ1) is 9.69. The van der Waals surface area contributed by atoms with Gasteiger partial charge in [-0.3, -0.25) is 4.79 Å². The number of anilines is 1. The van der Waals surface area contributed by atoms with Crippen LogP contribution < -0.4 is 10.9 Å². The number of nitrogens with zero attached hydrogens (tertiary/aromatic N) is 3. The number of hydrogen-bond donors (Lipinski definition) is 2. The highest BCUT2D eigenvalue weighted by Gasteiger charge is 2.34. The average molecular weight is 343 g/mol. The molecule has 3 fully saturated rings. The lowest BCUT2D eigenvalue weighted by Gasteiger charge is -2.45. The number of fused-ring (bicyclic) bond motifs is 3. The van der Waals surface area contributed by atoms with Gasteiger partial charge in [0.05, 0.1) is 25.0 Å². The summed E-state index contributed by atoms with van der Waals surface area (Å²) in [6.07, 6.45) is 4.12. The van der Waals surface area contributed by atoms with Crippen molar-refractivity contribution < 1.29 is 5.11 Å². The molecule has 4 heterocycles. The minimum absolute atomic E-state index is 0.0915. The second-order valence-electron chi connectivity index (χ2n) is 5.51. The normalized spacial score (nSPS) is 28.6. The van der Waals surface area contributed by atoms with Gasteiger partial charge < -0.3 is 15.3 Å². The summed E-state index contributed by atoms with van der Waals surface area (Å²) in [5, 5.41) is 16.5. The Morgan fingerprint density at radius 3 is 2.80 bits per heavy atom. The number of aromatic nitrogens is 2. The SMILES string of the molecule is O=c1c(Br)c(NC2CN3CCC2CC3)cnn1CCO. The quantitative estimate of drug-likeness (QED) is 0.834. The van der Waals surface area contributed by atoms with Gasteiger partial charge in [0, 0.05) is 12.6 Å². The van der Waals surface area contributed by atoms with E-state index in [9.17, 15) is 4.79 Å². The predicted octanol–water partition coefficient (Wildman–Crippen LogP) is 0.504. The van der Waals surface area contributed by atoms with Crippen LogP contribution in [0.4, 0.5) is 5.69 Å². The molecule has 1 atom stereocenters. The molecule has 3 saturated heterocycles. The fourth-order valence-electron chi connectivity index (χ4n) is 3.15. The molecule has 2 N–H and O–H groups in total. The maximum Gasteiger partial charge on any atom is 0.283 e. The zero-order chi connectivity index (χ0) is 14.1. The van der Waals surface area contributed by atoms with Crippen molar-refractivity contribution >= 4 is 21.6 Å². The molecule has 1 aromatic rings. The van der Waals surface area contributed by atoms with Crippen LogP contribution in [0.25, 0.3) is 0 Å². The van der Waals surface area contributed by atoms with Gasteiger partial charge in [-0.25, -0.2) is 4.68 Å². The van der Waals surface area contributed by atoms with E-state index in [0.29, 0.717) is 16.4 Å². The third kappa shape index (κ3) is 2.62. The van der Waals surface area contributed by atoms with Crippen molar-refractivity contribution in [3.05, 3.63) is 21.0 Å². The van der Waals surface area contributed by atoms with Crippen LogP contribution >= 0.6 is 15.9 Å². The van der Waals surface area contributed by atoms with Gasteiger partial charge >= 0.3 is 0 Å². The molecular formula is C13H19BrN4O2. The van der Waals surface area contributed by atoms with Crippen molar-refractivity contribution in [1.82, 2.24) is 14.7 Å². The van der Waals surface area contributed by atoms with E-state index < -0.39 is 0 Å². The summed E-state index contributed by atoms with van der Waals surface area (Å²) in [5.74, 6) is 0.687. The summed E-state index contributed by atoms with van der Waals surface area (Å²) in [6.45, 7) is 3.56. The Balaban J connectivity index is 1.78. The van der Waals surface area contributed by atoms with Gasteiger partial charge in [0.1, 0.15) is 4.47 Å². The molecule has 6 nitrogen and oxygen atoms in total. The molecular weight excluding hydrogens is 324 g/mol. The Labute approximate surface area is 125 Å². The van der Waals surface area contributed by atoms with Gasteiger partial charge in [-0.2, -0.15) is 5.10 Å². The van der Waals surface area contributed by atoms with Crippen LogP contribution in [0.3, 0.4) is 0 Å². The third-order valence-corrected chi connectivity index (χ3v) is 5.06. The Morgan fingerprint density at radius 1 is 1.45 bits per heavy atom. The molecule has 110 valence electrons. The summed E-state index contributed by atoms with van der Waals surface area (Å²) in [7, 11) is 0. The Hall–Kier alpha value is -0.920. The van der Waals surface area contributed by atoms with E-state index >= 15 is 0 Å². The maximum absolute atomic E-state index is 12.1. The summed E-state index contributed by atoms with van der Waals surface area (Å²) in [4.78, 5) is 14.5. The topological polar surface area (TPSA) is 70.4 Å². The lowest BCUT2D eigenvalue weighted by molar-refractivity contribution is 0.0975. The molecule has 1 aromatic heterocycles. The molecule has 0 radical (unpaired) electrons. The molecule has 4 rings (SSSR count). The summed E-state index contributed by atoms with van der Waals surface area (Å²) >= 11 is 3.35. The van der Waals surface area contributed by atoms with Crippen molar-refractivity contribution in [3.8, 4) is 0 Å². The fourth-order valence-corrected chi connectivity index (χ4v) is 3.57. The number of rotatable bonds is 4. The highest BCUT2D eigenvalue weighted by atomic mass is 79.9. The average Bonchev–Trinajstić information content (AvgIpc) is 2.48. The number of nitrogens with one attached hydrogen (secondary N) is 1. The lowest BCUT2D eigenvalue weighted by atomic mass is 9.84. The van der Waals surface area contributed by atoms with E-state index in [1.165, 1.54) is 30.6 Å². The molecule has 0 aliphatic carbocycles. The third-order valence-electron chi connectivity index (χ3n) is 4.29. The van der Waals surface area contributed by atoms with Gasteiger partial charge in [0.2, 0.25) is 0 Å². The molecule has 2 bridgehead atoms. The first-order valence-corrected chi connectivity index (χ1v) is 7.83. The standard InChI is InChI=1S/C13H19BrN4O2/c14-12-10(7-15-18(5-6-19)13(12)20)16-11-8-17-3-1-9(11)2-4-17/h7,9,11,16,19H,1-6,8H2. The molecule has 3 aliphatic rings. The van der Waals surface area contributed by atoms with Gasteiger partial charge in [-0.1, -0.05) is 0 Å². The minimum Gasteiger partial charge on any atom is -0.394 e. The molecule has 0 aromatic carbocycles. The summed E-state index contributed by atoms with van der Waals surface area (Å²) in [5.41, 5.74) is 0.549. The zero-order valence-corrected chi connectivity index (χ0v) is 12.8. The monoisotopic (exact) mass is 342 g/mol. The Kier molecular flexibility index (Phi) is 4.09. The predicted molar refractivity (Wildman–Crippen MR) is 79.9 cm³/mol. The molecule has 0 spiro atoms. The van der Waals surface area contributed by atoms with Crippen LogP contribution in [0.15, 0.2) is 15.5 Å². The Morgan fingerprint density at radius 2 is 2.20 bits per heavy atom. The first-order valence-electron chi connectivity index (χ1n) is 7.04. The van der Waals surface area contributed by atoms with Crippen molar-refractivity contribution in [2.75, 3.05) is 31.6 Å². The lowest BCUT2D eigenvalue weighted by Crippen LogP contribution is -2.53. The number of piperidine rings is 3. The largest absolute Gasteiger partial charge is 0.394 e. The molecule has 0 saturated carbocycles. The van der Waals surface area contributed by atoms with Crippen molar-refractivity contribution in [2.24, 2.45) is 5.92 Å². The van der Waals surface area contributed by atoms with Crippen LogP contribution in [-0.2, 0) is 6.54 Å². The number of aliphatic hydroxyl groups excluding tert-OH is 1. The van der Waals surface area contributed by atoms with E-state index in [4.69, 9.17) is 5.11 Å². The van der Waals surface area contributed by atoms with Crippen molar-refractivity contribution in [3.63, 3.8) is 0 Å². The highest BCUT2D eigenvalue weighted by Crippen LogP contribution is 2.30. The van der Waals surface area contributed by atoms with Gasteiger partial charge in [0.25, 0.3) is 5.56 Å². The zero-order valence-electron chi connectivity index (χ0n) is 11.3. The number of hydrogen-bond acceptors (Lipinski definition) is 5. The second kappa shape index (κ2) is 5.83. The molecule has 0 amide bonds. The molecule has 20 heavy (non-hydrogen) atoms. The molecule has 1 unspecified atom stereocenters. The van der Waals surface area contributed by atoms with Crippen LogP contribution in [-0.4, -0.2) is 52.1 Å². The molecule has 7 heteroatoms. The maximum atomic E-state index is 12.1. The van der Waals surface area contributed by atoms with Crippen LogP contribution in [0.1, 0.15) is 12.8 Å². The molecule has 3 aliphatic heterocycles. The van der Waals surface area contributed by atoms with E-state index in [0.717, 1.165) is 12.2 Å². The smallest absolute Gasteiger partial charge is 0.283 e. The van der Waals surface area contributed by atoms with E-state index in [-0.39, 0.29) is 18.7 Å². The van der Waals surface area contributed by atoms with Gasteiger partial charge in [-0.15, -0.1) is 0 Å². The van der Waals surface area contributed by atoms with Crippen molar-refractivity contribution in [1.29, 1.82) is 0 Å². The van der Waals surface area contributed by atoms with Crippen LogP contribution in [0.5, 0.6) is 0 Å². The number of halogens is 1. The van der Waals surface area contributed by atoms with Crippen LogP contribution in [0.2, 0.25) is 0 Å².